The maximum atomic E-state index is 12.7. The smallest absolute Gasteiger partial charge is 0.344 e. The van der Waals surface area contributed by atoms with Gasteiger partial charge >= 0.3 is 5.97 Å². The van der Waals surface area contributed by atoms with Crippen molar-refractivity contribution in [2.24, 2.45) is 4.99 Å². The van der Waals surface area contributed by atoms with E-state index in [0.29, 0.717) is 27.2 Å². The lowest BCUT2D eigenvalue weighted by atomic mass is 10.1. The summed E-state index contributed by atoms with van der Waals surface area (Å²) >= 11 is 7.67. The van der Waals surface area contributed by atoms with Gasteiger partial charge in [-0.1, -0.05) is 78.0 Å². The highest BCUT2D eigenvalue weighted by molar-refractivity contribution is 8.18. The molecule has 0 aliphatic carbocycles. The number of aromatic nitrogens is 1. The number of halogens is 1. The Morgan fingerprint density at radius 2 is 1.78 bits per heavy atom. The Kier molecular flexibility index (Phi) is 6.98. The number of benzene rings is 3. The highest BCUT2D eigenvalue weighted by Crippen LogP contribution is 2.41. The number of esters is 1. The summed E-state index contributed by atoms with van der Waals surface area (Å²) in [5.74, 6) is -0.724. The second kappa shape index (κ2) is 10.5. The number of nitrogens with zero attached hydrogens (tertiary/aromatic N) is 2. The number of carbonyl (C=O) groups excluding carboxylic acids is 1. The van der Waals surface area contributed by atoms with E-state index in [2.05, 4.69) is 15.6 Å². The number of aliphatic imine (C=N–C) groups is 1. The quantitative estimate of drug-likeness (QED) is 0.270. The van der Waals surface area contributed by atoms with Crippen LogP contribution in [0.2, 0.25) is 5.02 Å². The van der Waals surface area contributed by atoms with E-state index < -0.39 is 5.97 Å². The van der Waals surface area contributed by atoms with Crippen molar-refractivity contribution >= 4 is 57.0 Å². The molecule has 0 unspecified atom stereocenters. The van der Waals surface area contributed by atoms with Gasteiger partial charge < -0.3 is 14.4 Å². The van der Waals surface area contributed by atoms with Gasteiger partial charge in [0, 0.05) is 34.2 Å². The molecule has 3 aromatic carbocycles. The second-order valence-electron chi connectivity index (χ2n) is 8.13. The predicted octanol–water partition coefficient (Wildman–Crippen LogP) is 7.54. The van der Waals surface area contributed by atoms with Crippen LogP contribution in [-0.2, 0) is 16.1 Å². The second-order valence-corrected chi connectivity index (χ2v) is 9.57. The lowest BCUT2D eigenvalue weighted by Crippen LogP contribution is -2.12. The van der Waals surface area contributed by atoms with Crippen molar-refractivity contribution in [3.63, 3.8) is 0 Å². The molecular weight excluding hydrogens is 492 g/mol. The van der Waals surface area contributed by atoms with Gasteiger partial charge in [-0.2, -0.15) is 0 Å². The van der Waals surface area contributed by atoms with E-state index in [-0.39, 0.29) is 17.9 Å². The van der Waals surface area contributed by atoms with E-state index in [9.17, 15) is 9.90 Å². The molecule has 7 heteroatoms. The lowest BCUT2D eigenvalue weighted by Gasteiger charge is -2.07. The first-order chi connectivity index (χ1) is 17.5. The summed E-state index contributed by atoms with van der Waals surface area (Å²) < 4.78 is 7.35. The molecule has 2 heterocycles. The minimum atomic E-state index is -0.596. The Morgan fingerprint density at radius 3 is 2.56 bits per heavy atom. The summed E-state index contributed by atoms with van der Waals surface area (Å²) in [5.41, 5.74) is 3.73. The van der Waals surface area contributed by atoms with Crippen molar-refractivity contribution < 1.29 is 14.6 Å². The van der Waals surface area contributed by atoms with Crippen LogP contribution < -0.4 is 0 Å². The van der Waals surface area contributed by atoms with Crippen LogP contribution in [-0.4, -0.2) is 27.3 Å². The van der Waals surface area contributed by atoms with Crippen molar-refractivity contribution in [1.29, 1.82) is 0 Å². The van der Waals surface area contributed by atoms with Crippen molar-refractivity contribution in [3.05, 3.63) is 117 Å². The summed E-state index contributed by atoms with van der Waals surface area (Å²) in [6.45, 7) is 2.54. The standard InChI is InChI=1S/C29H23ClN2O3S/c1-2-35-29(34)26-27(33)25(36-28(26)31-21-11-4-3-5-12-21)16-20-18-32(24-15-9-7-13-22(20)24)17-19-10-6-8-14-23(19)30/h3-16,18,33H,2,17H2,1H3/b25-16-,31-28?. The zero-order chi connectivity index (χ0) is 25.1. The first-order valence-electron chi connectivity index (χ1n) is 11.5. The third kappa shape index (κ3) is 4.83. The normalized spacial score (nSPS) is 15.8. The minimum Gasteiger partial charge on any atom is -0.506 e. The van der Waals surface area contributed by atoms with Gasteiger partial charge in [0.2, 0.25) is 0 Å². The van der Waals surface area contributed by atoms with Gasteiger partial charge in [0.15, 0.2) is 0 Å². The monoisotopic (exact) mass is 514 g/mol. The molecule has 5 nitrogen and oxygen atoms in total. The molecule has 0 bridgehead atoms. The van der Waals surface area contributed by atoms with Gasteiger partial charge in [-0.3, -0.25) is 0 Å². The molecule has 1 aliphatic rings. The van der Waals surface area contributed by atoms with Gasteiger partial charge in [0.05, 0.1) is 17.2 Å². The number of fused-ring (bicyclic) bond motifs is 1. The van der Waals surface area contributed by atoms with Crippen LogP contribution in [0.25, 0.3) is 17.0 Å². The van der Waals surface area contributed by atoms with Crippen LogP contribution in [0.3, 0.4) is 0 Å². The average Bonchev–Trinajstić information content (AvgIpc) is 3.38. The molecule has 180 valence electrons. The molecule has 0 saturated heterocycles. The molecule has 0 fully saturated rings. The number of aliphatic hydroxyl groups is 1. The number of carbonyl (C=O) groups is 1. The number of hydrogen-bond acceptors (Lipinski definition) is 5. The lowest BCUT2D eigenvalue weighted by molar-refractivity contribution is -0.138. The van der Waals surface area contributed by atoms with Crippen LogP contribution in [0, 0.1) is 0 Å². The zero-order valence-corrected chi connectivity index (χ0v) is 21.1. The average molecular weight is 515 g/mol. The van der Waals surface area contributed by atoms with Gasteiger partial charge in [-0.15, -0.1) is 0 Å². The van der Waals surface area contributed by atoms with Crippen LogP contribution in [0.15, 0.2) is 106 Å². The fourth-order valence-electron chi connectivity index (χ4n) is 4.08. The summed E-state index contributed by atoms with van der Waals surface area (Å²) in [7, 11) is 0. The maximum Gasteiger partial charge on any atom is 0.344 e. The number of hydrogen-bond donors (Lipinski definition) is 1. The van der Waals surface area contributed by atoms with Crippen LogP contribution in [0.4, 0.5) is 5.69 Å². The first-order valence-corrected chi connectivity index (χ1v) is 12.7. The fraction of sp³-hybridized carbons (Fsp3) is 0.103. The van der Waals surface area contributed by atoms with Crippen LogP contribution >= 0.6 is 23.4 Å². The largest absolute Gasteiger partial charge is 0.506 e. The Bertz CT molecular complexity index is 1540. The highest BCUT2D eigenvalue weighted by atomic mass is 35.5. The molecule has 1 aromatic heterocycles. The van der Waals surface area contributed by atoms with E-state index in [1.807, 2.05) is 85.1 Å². The van der Waals surface area contributed by atoms with Gasteiger partial charge in [0.1, 0.15) is 16.4 Å². The third-order valence-corrected chi connectivity index (χ3v) is 7.15. The van der Waals surface area contributed by atoms with Crippen molar-refractivity contribution in [3.8, 4) is 0 Å². The highest BCUT2D eigenvalue weighted by Gasteiger charge is 2.33. The third-order valence-electron chi connectivity index (χ3n) is 5.76. The van der Waals surface area contributed by atoms with Crippen molar-refractivity contribution in [1.82, 2.24) is 4.57 Å². The summed E-state index contributed by atoms with van der Waals surface area (Å²) in [5, 5.41) is 13.2. The Labute approximate surface area is 218 Å². The number of para-hydroxylation sites is 2. The zero-order valence-electron chi connectivity index (χ0n) is 19.5. The Hall–Kier alpha value is -3.74. The molecule has 0 amide bonds. The van der Waals surface area contributed by atoms with Crippen molar-refractivity contribution in [2.75, 3.05) is 6.61 Å². The molecule has 4 aromatic rings. The molecule has 36 heavy (non-hydrogen) atoms. The molecule has 0 saturated carbocycles. The number of thioether (sulfide) groups is 1. The van der Waals surface area contributed by atoms with Gasteiger partial charge in [0.25, 0.3) is 0 Å². The molecule has 0 radical (unpaired) electrons. The minimum absolute atomic E-state index is 0.0803. The molecule has 1 aliphatic heterocycles. The molecule has 0 spiro atoms. The number of aliphatic hydroxyl groups excluding tert-OH is 1. The number of ether oxygens (including phenoxy) is 1. The van der Waals surface area contributed by atoms with Gasteiger partial charge in [-0.05, 0) is 42.8 Å². The Morgan fingerprint density at radius 1 is 1.06 bits per heavy atom. The molecule has 1 N–H and O–H groups in total. The summed E-state index contributed by atoms with van der Waals surface area (Å²) in [6, 6.07) is 25.2. The molecule has 0 atom stereocenters. The molecule has 5 rings (SSSR count). The van der Waals surface area contributed by atoms with E-state index in [1.54, 1.807) is 6.92 Å². The first kappa shape index (κ1) is 24.0. The van der Waals surface area contributed by atoms with E-state index in [4.69, 9.17) is 16.3 Å². The van der Waals surface area contributed by atoms with Gasteiger partial charge in [-0.25, -0.2) is 9.79 Å². The summed E-state index contributed by atoms with van der Waals surface area (Å²) in [4.78, 5) is 17.9. The SMILES string of the molecule is CCOC(=O)C1=C(O)/C(=C/c2cn(Cc3ccccc3Cl)c3ccccc23)SC1=Nc1ccccc1. The van der Waals surface area contributed by atoms with Crippen LogP contribution in [0.5, 0.6) is 0 Å². The van der Waals surface area contributed by atoms with E-state index in [1.165, 1.54) is 11.8 Å². The van der Waals surface area contributed by atoms with E-state index >= 15 is 0 Å². The fourth-order valence-corrected chi connectivity index (χ4v) is 5.31. The molecular formula is C29H23ClN2O3S. The van der Waals surface area contributed by atoms with E-state index in [0.717, 1.165) is 22.0 Å². The van der Waals surface area contributed by atoms with Crippen LogP contribution in [0.1, 0.15) is 18.1 Å². The maximum absolute atomic E-state index is 12.7. The summed E-state index contributed by atoms with van der Waals surface area (Å²) in [6.07, 6.45) is 3.92. The Balaban J connectivity index is 1.58. The topological polar surface area (TPSA) is 63.8 Å². The van der Waals surface area contributed by atoms with Crippen molar-refractivity contribution in [2.45, 2.75) is 13.5 Å². The number of rotatable bonds is 6. The predicted molar refractivity (Wildman–Crippen MR) is 148 cm³/mol.